The monoisotopic (exact) mass is 236 g/mol. The number of nitrogens with two attached hydrogens (primary N) is 1. The molecule has 0 aromatic heterocycles. The molecule has 0 saturated carbocycles. The Labute approximate surface area is 102 Å². The zero-order valence-electron chi connectivity index (χ0n) is 10.1. The van der Waals surface area contributed by atoms with Crippen LogP contribution in [0.1, 0.15) is 18.4 Å². The van der Waals surface area contributed by atoms with Gasteiger partial charge in [0.25, 0.3) is 0 Å². The molecule has 1 heterocycles. The Kier molecular flexibility index (Phi) is 3.54. The molecule has 0 bridgehead atoms. The molecule has 1 aromatic rings. The highest BCUT2D eigenvalue weighted by molar-refractivity contribution is 5.58. The van der Waals surface area contributed by atoms with Gasteiger partial charge in [-0.15, -0.1) is 0 Å². The van der Waals surface area contributed by atoms with E-state index in [2.05, 4.69) is 0 Å². The van der Waals surface area contributed by atoms with Gasteiger partial charge in [-0.2, -0.15) is 0 Å². The first-order valence-electron chi connectivity index (χ1n) is 6.03. The summed E-state index contributed by atoms with van der Waals surface area (Å²) in [6.45, 7) is 3.10. The van der Waals surface area contributed by atoms with Gasteiger partial charge in [-0.1, -0.05) is 0 Å². The predicted molar refractivity (Wildman–Crippen MR) is 69.1 cm³/mol. The molecule has 1 aliphatic heterocycles. The van der Waals surface area contributed by atoms with Gasteiger partial charge in [-0.3, -0.25) is 0 Å². The zero-order chi connectivity index (χ0) is 12.4. The second kappa shape index (κ2) is 4.94. The Morgan fingerprint density at radius 1 is 1.18 bits per heavy atom. The van der Waals surface area contributed by atoms with Crippen molar-refractivity contribution < 1.29 is 10.2 Å². The SMILES string of the molecule is Cc1cc(N2CC(O)CCC(O)C2)ccc1N. The van der Waals surface area contributed by atoms with E-state index >= 15 is 0 Å². The minimum atomic E-state index is -0.370. The molecule has 2 unspecified atom stereocenters. The third-order valence-electron chi connectivity index (χ3n) is 3.31. The Morgan fingerprint density at radius 3 is 2.29 bits per heavy atom. The number of β-amino-alcohol motifs (C(OH)–C–C–N with tert-alkyl or cyclic N) is 2. The first-order valence-corrected chi connectivity index (χ1v) is 6.03. The van der Waals surface area contributed by atoms with E-state index in [-0.39, 0.29) is 12.2 Å². The first-order chi connectivity index (χ1) is 8.06. The molecule has 94 valence electrons. The highest BCUT2D eigenvalue weighted by Crippen LogP contribution is 2.23. The molecular weight excluding hydrogens is 216 g/mol. The van der Waals surface area contributed by atoms with Gasteiger partial charge in [0.1, 0.15) is 0 Å². The number of rotatable bonds is 1. The molecular formula is C13H20N2O2. The number of aliphatic hydroxyl groups excluding tert-OH is 2. The molecule has 17 heavy (non-hydrogen) atoms. The highest BCUT2D eigenvalue weighted by atomic mass is 16.3. The summed E-state index contributed by atoms with van der Waals surface area (Å²) in [5, 5.41) is 19.6. The number of nitrogen functional groups attached to an aromatic ring is 1. The van der Waals surface area contributed by atoms with E-state index < -0.39 is 0 Å². The van der Waals surface area contributed by atoms with E-state index in [0.29, 0.717) is 25.9 Å². The summed E-state index contributed by atoms with van der Waals surface area (Å²) < 4.78 is 0. The maximum Gasteiger partial charge on any atom is 0.0716 e. The van der Waals surface area contributed by atoms with Crippen LogP contribution in [0.4, 0.5) is 11.4 Å². The van der Waals surface area contributed by atoms with Crippen molar-refractivity contribution in [3.63, 3.8) is 0 Å². The number of benzene rings is 1. The summed E-state index contributed by atoms with van der Waals surface area (Å²) in [5.41, 5.74) is 8.59. The number of aryl methyl sites for hydroxylation is 1. The first kappa shape index (κ1) is 12.2. The minimum Gasteiger partial charge on any atom is -0.399 e. The second-order valence-corrected chi connectivity index (χ2v) is 4.83. The fourth-order valence-corrected chi connectivity index (χ4v) is 2.22. The van der Waals surface area contributed by atoms with Crippen molar-refractivity contribution in [3.05, 3.63) is 23.8 Å². The summed E-state index contributed by atoms with van der Waals surface area (Å²) in [6.07, 6.45) is 0.576. The van der Waals surface area contributed by atoms with Crippen molar-refractivity contribution in [2.24, 2.45) is 0 Å². The lowest BCUT2D eigenvalue weighted by Gasteiger charge is -2.26. The Balaban J connectivity index is 2.21. The van der Waals surface area contributed by atoms with E-state index in [1.165, 1.54) is 0 Å². The van der Waals surface area contributed by atoms with E-state index in [9.17, 15) is 10.2 Å². The lowest BCUT2D eigenvalue weighted by atomic mass is 10.1. The fourth-order valence-electron chi connectivity index (χ4n) is 2.22. The summed E-state index contributed by atoms with van der Waals surface area (Å²) in [4.78, 5) is 2.02. The Hall–Kier alpha value is -1.26. The lowest BCUT2D eigenvalue weighted by Crippen LogP contribution is -2.34. The molecule has 1 fully saturated rings. The molecule has 4 nitrogen and oxygen atoms in total. The summed E-state index contributed by atoms with van der Waals surface area (Å²) in [7, 11) is 0. The van der Waals surface area contributed by atoms with Crippen LogP contribution in [0, 0.1) is 6.92 Å². The van der Waals surface area contributed by atoms with Gasteiger partial charge in [0.2, 0.25) is 0 Å². The van der Waals surface area contributed by atoms with Gasteiger partial charge >= 0.3 is 0 Å². The molecule has 4 N–H and O–H groups in total. The van der Waals surface area contributed by atoms with E-state index in [1.54, 1.807) is 0 Å². The van der Waals surface area contributed by atoms with Crippen LogP contribution in [0.5, 0.6) is 0 Å². The van der Waals surface area contributed by atoms with Crippen LogP contribution in [-0.4, -0.2) is 35.5 Å². The molecule has 1 aliphatic rings. The molecule has 4 heteroatoms. The van der Waals surface area contributed by atoms with Crippen molar-refractivity contribution in [2.45, 2.75) is 32.0 Å². The quantitative estimate of drug-likeness (QED) is 0.634. The van der Waals surface area contributed by atoms with Crippen LogP contribution in [0.15, 0.2) is 18.2 Å². The van der Waals surface area contributed by atoms with Gasteiger partial charge in [0.05, 0.1) is 12.2 Å². The summed E-state index contributed by atoms with van der Waals surface area (Å²) in [5.74, 6) is 0. The lowest BCUT2D eigenvalue weighted by molar-refractivity contribution is 0.144. The Bertz CT molecular complexity index is 383. The van der Waals surface area contributed by atoms with E-state index in [1.807, 2.05) is 30.0 Å². The number of hydrogen-bond donors (Lipinski definition) is 3. The minimum absolute atomic E-state index is 0.370. The third kappa shape index (κ3) is 2.90. The van der Waals surface area contributed by atoms with Crippen LogP contribution in [-0.2, 0) is 0 Å². The maximum absolute atomic E-state index is 9.79. The Morgan fingerprint density at radius 2 is 1.76 bits per heavy atom. The average molecular weight is 236 g/mol. The van der Waals surface area contributed by atoms with Crippen LogP contribution < -0.4 is 10.6 Å². The van der Waals surface area contributed by atoms with E-state index in [0.717, 1.165) is 16.9 Å². The van der Waals surface area contributed by atoms with Gasteiger partial charge < -0.3 is 20.8 Å². The molecule has 2 rings (SSSR count). The average Bonchev–Trinajstić information content (AvgIpc) is 2.45. The van der Waals surface area contributed by atoms with Crippen molar-refractivity contribution >= 4 is 11.4 Å². The van der Waals surface area contributed by atoms with Crippen molar-refractivity contribution in [1.29, 1.82) is 0 Å². The number of hydrogen-bond acceptors (Lipinski definition) is 4. The molecule has 2 atom stereocenters. The van der Waals surface area contributed by atoms with Crippen LogP contribution in [0.2, 0.25) is 0 Å². The maximum atomic E-state index is 9.79. The second-order valence-electron chi connectivity index (χ2n) is 4.83. The third-order valence-corrected chi connectivity index (χ3v) is 3.31. The smallest absolute Gasteiger partial charge is 0.0716 e. The number of aliphatic hydroxyl groups is 2. The predicted octanol–water partition coefficient (Wildman–Crippen LogP) is 0.899. The molecule has 0 spiro atoms. The molecule has 0 aliphatic carbocycles. The standard InChI is InChI=1S/C13H20N2O2/c1-9-6-10(2-5-13(9)14)15-7-11(16)3-4-12(17)8-15/h2,5-6,11-12,16-17H,3-4,7-8,14H2,1H3. The molecule has 1 saturated heterocycles. The fraction of sp³-hybridized carbons (Fsp3) is 0.538. The number of anilines is 2. The normalized spacial score (nSPS) is 25.7. The molecule has 0 radical (unpaired) electrons. The van der Waals surface area contributed by atoms with Crippen LogP contribution >= 0.6 is 0 Å². The topological polar surface area (TPSA) is 69.7 Å². The van der Waals surface area contributed by atoms with Crippen molar-refractivity contribution in [3.8, 4) is 0 Å². The van der Waals surface area contributed by atoms with Crippen LogP contribution in [0.25, 0.3) is 0 Å². The number of nitrogens with zero attached hydrogens (tertiary/aromatic N) is 1. The van der Waals surface area contributed by atoms with E-state index in [4.69, 9.17) is 5.73 Å². The van der Waals surface area contributed by atoms with Gasteiger partial charge in [-0.05, 0) is 43.5 Å². The van der Waals surface area contributed by atoms with Gasteiger partial charge in [-0.25, -0.2) is 0 Å². The molecule has 1 aromatic carbocycles. The van der Waals surface area contributed by atoms with Crippen molar-refractivity contribution in [2.75, 3.05) is 23.7 Å². The summed E-state index contributed by atoms with van der Waals surface area (Å²) >= 11 is 0. The van der Waals surface area contributed by atoms with Crippen LogP contribution in [0.3, 0.4) is 0 Å². The highest BCUT2D eigenvalue weighted by Gasteiger charge is 2.21. The molecule has 0 amide bonds. The zero-order valence-corrected chi connectivity index (χ0v) is 10.1. The van der Waals surface area contributed by atoms with Gasteiger partial charge in [0, 0.05) is 24.5 Å². The van der Waals surface area contributed by atoms with Crippen molar-refractivity contribution in [1.82, 2.24) is 0 Å². The largest absolute Gasteiger partial charge is 0.399 e. The summed E-state index contributed by atoms with van der Waals surface area (Å²) in [6, 6.07) is 5.81. The van der Waals surface area contributed by atoms with Gasteiger partial charge in [0.15, 0.2) is 0 Å².